The molecule has 5 nitrogen and oxygen atoms in total. The summed E-state index contributed by atoms with van der Waals surface area (Å²) in [4.78, 5) is 12.8. The summed E-state index contributed by atoms with van der Waals surface area (Å²) in [5.41, 5.74) is 0.682. The number of rotatable bonds is 3. The third-order valence-corrected chi connectivity index (χ3v) is 2.46. The first-order valence-electron chi connectivity index (χ1n) is 4.88. The van der Waals surface area contributed by atoms with Gasteiger partial charge in [0.15, 0.2) is 11.5 Å². The number of ether oxygens (including phenoxy) is 2. The Bertz CT molecular complexity index is 416. The molecular weight excluding hydrogens is 210 g/mol. The standard InChI is InChI=1S/C11H13NO4/c1-12(2)10(11(13)14)7-3-4-8-9(5-7)16-6-15-8/h3-5,10H,6H2,1-2H3,(H,13,14)/t10-/m1/s1. The van der Waals surface area contributed by atoms with Gasteiger partial charge in [-0.1, -0.05) is 6.07 Å². The van der Waals surface area contributed by atoms with E-state index in [9.17, 15) is 4.79 Å². The van der Waals surface area contributed by atoms with Gasteiger partial charge in [-0.05, 0) is 31.8 Å². The minimum atomic E-state index is -0.885. The van der Waals surface area contributed by atoms with Gasteiger partial charge in [-0.2, -0.15) is 0 Å². The molecule has 0 spiro atoms. The van der Waals surface area contributed by atoms with Crippen LogP contribution in [-0.2, 0) is 4.79 Å². The number of likely N-dealkylation sites (N-methyl/N-ethyl adjacent to an activating group) is 1. The lowest BCUT2D eigenvalue weighted by Gasteiger charge is -2.20. The van der Waals surface area contributed by atoms with Gasteiger partial charge in [-0.25, -0.2) is 0 Å². The van der Waals surface area contributed by atoms with Crippen LogP contribution in [0.15, 0.2) is 18.2 Å². The van der Waals surface area contributed by atoms with Gasteiger partial charge in [0.1, 0.15) is 6.04 Å². The predicted octanol–water partition coefficient (Wildman–Crippen LogP) is 1.10. The molecule has 1 aliphatic heterocycles. The van der Waals surface area contributed by atoms with Gasteiger partial charge < -0.3 is 14.6 Å². The monoisotopic (exact) mass is 223 g/mol. The molecule has 5 heteroatoms. The SMILES string of the molecule is CN(C)[C@@H](C(=O)O)c1ccc2c(c1)OCO2. The maximum Gasteiger partial charge on any atom is 0.325 e. The Hall–Kier alpha value is -1.75. The fraction of sp³-hybridized carbons (Fsp3) is 0.364. The first-order valence-corrected chi connectivity index (χ1v) is 4.88. The van der Waals surface area contributed by atoms with Crippen LogP contribution in [-0.4, -0.2) is 36.9 Å². The molecule has 1 atom stereocenters. The van der Waals surface area contributed by atoms with Crippen LogP contribution in [0.2, 0.25) is 0 Å². The van der Waals surface area contributed by atoms with Crippen molar-refractivity contribution in [1.29, 1.82) is 0 Å². The van der Waals surface area contributed by atoms with Crippen molar-refractivity contribution in [3.8, 4) is 11.5 Å². The van der Waals surface area contributed by atoms with Crippen molar-refractivity contribution < 1.29 is 19.4 Å². The van der Waals surface area contributed by atoms with E-state index in [1.807, 2.05) is 0 Å². The van der Waals surface area contributed by atoms with Gasteiger partial charge in [-0.15, -0.1) is 0 Å². The first-order chi connectivity index (χ1) is 7.59. The molecule has 0 aromatic heterocycles. The molecule has 0 bridgehead atoms. The van der Waals surface area contributed by atoms with Crippen molar-refractivity contribution in [1.82, 2.24) is 4.90 Å². The maximum atomic E-state index is 11.1. The highest BCUT2D eigenvalue weighted by atomic mass is 16.7. The Morgan fingerprint density at radius 2 is 2.06 bits per heavy atom. The summed E-state index contributed by atoms with van der Waals surface area (Å²) < 4.78 is 10.4. The molecule has 1 aromatic rings. The van der Waals surface area contributed by atoms with Crippen LogP contribution < -0.4 is 9.47 Å². The average Bonchev–Trinajstić information content (AvgIpc) is 2.63. The molecule has 0 saturated heterocycles. The van der Waals surface area contributed by atoms with Crippen molar-refractivity contribution in [3.05, 3.63) is 23.8 Å². The fourth-order valence-electron chi connectivity index (χ4n) is 1.74. The second-order valence-electron chi connectivity index (χ2n) is 3.82. The van der Waals surface area contributed by atoms with Crippen LogP contribution in [0.25, 0.3) is 0 Å². The number of nitrogens with zero attached hydrogens (tertiary/aromatic N) is 1. The lowest BCUT2D eigenvalue weighted by atomic mass is 10.1. The van der Waals surface area contributed by atoms with Crippen LogP contribution in [0.5, 0.6) is 11.5 Å². The molecule has 0 aliphatic carbocycles. The number of hydrogen-bond acceptors (Lipinski definition) is 4. The van der Waals surface area contributed by atoms with Crippen LogP contribution in [0, 0.1) is 0 Å². The highest BCUT2D eigenvalue weighted by Gasteiger charge is 2.24. The van der Waals surface area contributed by atoms with Crippen LogP contribution in [0.4, 0.5) is 0 Å². The molecule has 1 aromatic carbocycles. The second kappa shape index (κ2) is 4.02. The number of fused-ring (bicyclic) bond motifs is 1. The van der Waals surface area contributed by atoms with Crippen molar-refractivity contribution in [2.24, 2.45) is 0 Å². The minimum Gasteiger partial charge on any atom is -0.480 e. The molecular formula is C11H13NO4. The Kier molecular flexibility index (Phi) is 2.70. The summed E-state index contributed by atoms with van der Waals surface area (Å²) >= 11 is 0. The van der Waals surface area contributed by atoms with E-state index in [1.54, 1.807) is 37.2 Å². The zero-order valence-corrected chi connectivity index (χ0v) is 9.14. The minimum absolute atomic E-state index is 0.193. The summed E-state index contributed by atoms with van der Waals surface area (Å²) in [5.74, 6) is 0.376. The summed E-state index contributed by atoms with van der Waals surface area (Å²) in [5, 5.41) is 9.13. The summed E-state index contributed by atoms with van der Waals surface area (Å²) in [6, 6.07) is 4.51. The largest absolute Gasteiger partial charge is 0.480 e. The number of carbonyl (C=O) groups is 1. The quantitative estimate of drug-likeness (QED) is 0.831. The van der Waals surface area contributed by atoms with E-state index in [4.69, 9.17) is 14.6 Å². The number of hydrogen-bond donors (Lipinski definition) is 1. The third kappa shape index (κ3) is 1.81. The smallest absolute Gasteiger partial charge is 0.325 e. The lowest BCUT2D eigenvalue weighted by Crippen LogP contribution is -2.27. The Morgan fingerprint density at radius 1 is 1.38 bits per heavy atom. The maximum absolute atomic E-state index is 11.1. The van der Waals surface area contributed by atoms with E-state index in [1.165, 1.54) is 0 Å². The highest BCUT2D eigenvalue weighted by Crippen LogP contribution is 2.35. The second-order valence-corrected chi connectivity index (χ2v) is 3.82. The lowest BCUT2D eigenvalue weighted by molar-refractivity contribution is -0.142. The van der Waals surface area contributed by atoms with Crippen LogP contribution in [0.3, 0.4) is 0 Å². The fourth-order valence-corrected chi connectivity index (χ4v) is 1.74. The van der Waals surface area contributed by atoms with Crippen LogP contribution in [0.1, 0.15) is 11.6 Å². The topological polar surface area (TPSA) is 59.0 Å². The van der Waals surface area contributed by atoms with E-state index in [2.05, 4.69) is 0 Å². The van der Waals surface area contributed by atoms with E-state index in [-0.39, 0.29) is 6.79 Å². The summed E-state index contributed by atoms with van der Waals surface area (Å²) in [6.07, 6.45) is 0. The van der Waals surface area contributed by atoms with Crippen molar-refractivity contribution in [2.75, 3.05) is 20.9 Å². The van der Waals surface area contributed by atoms with Gasteiger partial charge in [0.05, 0.1) is 0 Å². The van der Waals surface area contributed by atoms with E-state index in [0.29, 0.717) is 17.1 Å². The molecule has 0 unspecified atom stereocenters. The number of aliphatic carboxylic acids is 1. The Morgan fingerprint density at radius 3 is 2.69 bits per heavy atom. The van der Waals surface area contributed by atoms with Gasteiger partial charge in [0.25, 0.3) is 0 Å². The highest BCUT2D eigenvalue weighted by molar-refractivity contribution is 5.76. The van der Waals surface area contributed by atoms with Gasteiger partial charge in [0.2, 0.25) is 6.79 Å². The molecule has 0 saturated carbocycles. The van der Waals surface area contributed by atoms with E-state index in [0.717, 1.165) is 0 Å². The average molecular weight is 223 g/mol. The van der Waals surface area contributed by atoms with Gasteiger partial charge in [-0.3, -0.25) is 9.69 Å². The van der Waals surface area contributed by atoms with Crippen LogP contribution >= 0.6 is 0 Å². The third-order valence-electron chi connectivity index (χ3n) is 2.46. The van der Waals surface area contributed by atoms with Crippen molar-refractivity contribution in [2.45, 2.75) is 6.04 Å². The molecule has 16 heavy (non-hydrogen) atoms. The van der Waals surface area contributed by atoms with E-state index < -0.39 is 12.0 Å². The first kappa shape index (κ1) is 10.8. The molecule has 0 fully saturated rings. The molecule has 1 heterocycles. The number of benzene rings is 1. The van der Waals surface area contributed by atoms with Gasteiger partial charge in [0, 0.05) is 0 Å². The van der Waals surface area contributed by atoms with Crippen molar-refractivity contribution >= 4 is 5.97 Å². The summed E-state index contributed by atoms with van der Waals surface area (Å²) in [7, 11) is 3.45. The molecule has 1 aliphatic rings. The molecule has 2 rings (SSSR count). The number of carboxylic acids is 1. The number of carboxylic acid groups (broad SMARTS) is 1. The molecule has 0 radical (unpaired) electrons. The predicted molar refractivity (Wildman–Crippen MR) is 56.6 cm³/mol. The molecule has 86 valence electrons. The van der Waals surface area contributed by atoms with E-state index >= 15 is 0 Å². The zero-order chi connectivity index (χ0) is 11.7. The summed E-state index contributed by atoms with van der Waals surface area (Å²) in [6.45, 7) is 0.193. The normalized spacial score (nSPS) is 15.2. The Labute approximate surface area is 93.2 Å². The Balaban J connectivity index is 2.35. The zero-order valence-electron chi connectivity index (χ0n) is 9.14. The molecule has 0 amide bonds. The van der Waals surface area contributed by atoms with Crippen molar-refractivity contribution in [3.63, 3.8) is 0 Å². The molecule has 1 N–H and O–H groups in total. The van der Waals surface area contributed by atoms with Gasteiger partial charge >= 0.3 is 5.97 Å².